The minimum Gasteiger partial charge on any atom is -0.490 e. The number of rotatable bonds is 6. The van der Waals surface area contributed by atoms with Gasteiger partial charge in [0.2, 0.25) is 11.8 Å². The molecule has 9 heteroatoms. The molecule has 4 aromatic rings. The van der Waals surface area contributed by atoms with Gasteiger partial charge in [0.15, 0.2) is 5.76 Å². The van der Waals surface area contributed by atoms with Gasteiger partial charge >= 0.3 is 6.01 Å². The number of benzene rings is 1. The molecule has 126 valence electrons. The lowest BCUT2D eigenvalue weighted by atomic mass is 10.3. The van der Waals surface area contributed by atoms with Crippen LogP contribution < -0.4 is 15.2 Å². The standard InChI is InChI=1S/C16H14N6O3/c17-14-19-16(25-10-9-23-11-5-2-1-3-6-11)20-15-18-13(21-22(14)15)12-7-4-8-24-12/h1-8H,9-10H2,(H2,17,18,19,20,21). The van der Waals surface area contributed by atoms with Crippen LogP contribution in [0.15, 0.2) is 53.1 Å². The SMILES string of the molecule is Nc1nc(OCCOc2ccccc2)nc2nc(-c3ccco3)nn12. The van der Waals surface area contributed by atoms with Crippen LogP contribution in [-0.4, -0.2) is 37.8 Å². The number of ether oxygens (including phenoxy) is 2. The van der Waals surface area contributed by atoms with Gasteiger partial charge in [0.1, 0.15) is 19.0 Å². The van der Waals surface area contributed by atoms with E-state index in [2.05, 4.69) is 20.1 Å². The van der Waals surface area contributed by atoms with Gasteiger partial charge in [-0.15, -0.1) is 5.10 Å². The van der Waals surface area contributed by atoms with E-state index in [-0.39, 0.29) is 24.3 Å². The number of nitrogens with two attached hydrogens (primary N) is 1. The van der Waals surface area contributed by atoms with Crippen LogP contribution in [0.2, 0.25) is 0 Å². The molecule has 0 saturated heterocycles. The van der Waals surface area contributed by atoms with Crippen molar-refractivity contribution in [3.63, 3.8) is 0 Å². The van der Waals surface area contributed by atoms with Gasteiger partial charge in [-0.05, 0) is 24.3 Å². The summed E-state index contributed by atoms with van der Waals surface area (Å²) in [6, 6.07) is 13.1. The first kappa shape index (κ1) is 14.9. The van der Waals surface area contributed by atoms with Crippen molar-refractivity contribution in [3.05, 3.63) is 48.7 Å². The maximum absolute atomic E-state index is 5.89. The molecule has 9 nitrogen and oxygen atoms in total. The van der Waals surface area contributed by atoms with Gasteiger partial charge in [-0.1, -0.05) is 18.2 Å². The molecule has 3 heterocycles. The number of furan rings is 1. The number of aromatic nitrogens is 5. The summed E-state index contributed by atoms with van der Waals surface area (Å²) in [5.41, 5.74) is 5.89. The summed E-state index contributed by atoms with van der Waals surface area (Å²) in [5, 5.41) is 4.21. The van der Waals surface area contributed by atoms with Crippen LogP contribution in [0.25, 0.3) is 17.4 Å². The molecular formula is C16H14N6O3. The fourth-order valence-corrected chi connectivity index (χ4v) is 2.17. The average molecular weight is 338 g/mol. The van der Waals surface area contributed by atoms with E-state index in [9.17, 15) is 0 Å². The fraction of sp³-hybridized carbons (Fsp3) is 0.125. The Morgan fingerprint density at radius 3 is 2.60 bits per heavy atom. The highest BCUT2D eigenvalue weighted by Crippen LogP contribution is 2.18. The summed E-state index contributed by atoms with van der Waals surface area (Å²) in [6.45, 7) is 0.618. The zero-order valence-corrected chi connectivity index (χ0v) is 13.1. The van der Waals surface area contributed by atoms with Crippen molar-refractivity contribution in [2.24, 2.45) is 0 Å². The molecule has 3 aromatic heterocycles. The lowest BCUT2D eigenvalue weighted by Crippen LogP contribution is -2.12. The molecule has 25 heavy (non-hydrogen) atoms. The van der Waals surface area contributed by atoms with E-state index in [0.29, 0.717) is 18.2 Å². The number of para-hydroxylation sites is 1. The van der Waals surface area contributed by atoms with Gasteiger partial charge < -0.3 is 19.6 Å². The average Bonchev–Trinajstić information content (AvgIpc) is 3.29. The van der Waals surface area contributed by atoms with Crippen LogP contribution in [0.1, 0.15) is 0 Å². The summed E-state index contributed by atoms with van der Waals surface area (Å²) >= 11 is 0. The third-order valence-corrected chi connectivity index (χ3v) is 3.28. The Hall–Kier alpha value is -3.62. The van der Waals surface area contributed by atoms with E-state index in [1.807, 2.05) is 30.3 Å². The summed E-state index contributed by atoms with van der Waals surface area (Å²) < 4.78 is 17.6. The Bertz CT molecular complexity index is 968. The molecule has 0 fully saturated rings. The molecule has 0 amide bonds. The van der Waals surface area contributed by atoms with Gasteiger partial charge in [-0.2, -0.15) is 19.5 Å². The second-order valence-corrected chi connectivity index (χ2v) is 5.00. The molecule has 2 N–H and O–H groups in total. The van der Waals surface area contributed by atoms with Crippen LogP contribution >= 0.6 is 0 Å². The van der Waals surface area contributed by atoms with Crippen molar-refractivity contribution in [3.8, 4) is 23.3 Å². The van der Waals surface area contributed by atoms with Gasteiger partial charge in [0.05, 0.1) is 6.26 Å². The molecule has 0 aliphatic rings. The first-order chi connectivity index (χ1) is 12.3. The summed E-state index contributed by atoms with van der Waals surface area (Å²) in [7, 11) is 0. The Balaban J connectivity index is 1.45. The van der Waals surface area contributed by atoms with Crippen molar-refractivity contribution in [1.29, 1.82) is 0 Å². The van der Waals surface area contributed by atoms with Crippen LogP contribution in [0, 0.1) is 0 Å². The minimum atomic E-state index is 0.111. The number of nitrogens with zero attached hydrogens (tertiary/aromatic N) is 5. The fourth-order valence-electron chi connectivity index (χ4n) is 2.17. The zero-order valence-electron chi connectivity index (χ0n) is 13.1. The zero-order chi connectivity index (χ0) is 17.1. The normalized spacial score (nSPS) is 10.9. The summed E-state index contributed by atoms with van der Waals surface area (Å²) in [4.78, 5) is 12.5. The van der Waals surface area contributed by atoms with E-state index in [4.69, 9.17) is 19.6 Å². The molecule has 1 aromatic carbocycles. The van der Waals surface area contributed by atoms with Crippen molar-refractivity contribution in [2.75, 3.05) is 18.9 Å². The highest BCUT2D eigenvalue weighted by molar-refractivity contribution is 5.51. The highest BCUT2D eigenvalue weighted by atomic mass is 16.5. The smallest absolute Gasteiger partial charge is 0.323 e. The van der Waals surface area contributed by atoms with Crippen LogP contribution in [0.5, 0.6) is 11.8 Å². The van der Waals surface area contributed by atoms with Gasteiger partial charge in [0.25, 0.3) is 5.78 Å². The summed E-state index contributed by atoms with van der Waals surface area (Å²) in [6.07, 6.45) is 1.54. The highest BCUT2D eigenvalue weighted by Gasteiger charge is 2.14. The second kappa shape index (κ2) is 6.48. The molecule has 0 spiro atoms. The molecular weight excluding hydrogens is 324 g/mol. The van der Waals surface area contributed by atoms with E-state index < -0.39 is 0 Å². The number of hydrogen-bond donors (Lipinski definition) is 1. The minimum absolute atomic E-state index is 0.111. The monoisotopic (exact) mass is 338 g/mol. The Morgan fingerprint density at radius 1 is 0.960 bits per heavy atom. The molecule has 0 atom stereocenters. The maximum atomic E-state index is 5.89. The maximum Gasteiger partial charge on any atom is 0.323 e. The number of hydrogen-bond acceptors (Lipinski definition) is 8. The lowest BCUT2D eigenvalue weighted by Gasteiger charge is -2.07. The van der Waals surface area contributed by atoms with E-state index in [0.717, 1.165) is 5.75 Å². The molecule has 0 unspecified atom stereocenters. The van der Waals surface area contributed by atoms with E-state index in [1.54, 1.807) is 12.1 Å². The first-order valence-electron chi connectivity index (χ1n) is 7.54. The number of nitrogen functional groups attached to an aromatic ring is 1. The quantitative estimate of drug-likeness (QED) is 0.530. The molecule has 0 aliphatic carbocycles. The largest absolute Gasteiger partial charge is 0.490 e. The first-order valence-corrected chi connectivity index (χ1v) is 7.54. The van der Waals surface area contributed by atoms with E-state index in [1.165, 1.54) is 10.8 Å². The molecule has 4 rings (SSSR count). The second-order valence-electron chi connectivity index (χ2n) is 5.00. The number of anilines is 1. The molecule has 0 saturated carbocycles. The predicted octanol–water partition coefficient (Wildman–Crippen LogP) is 1.82. The topological polar surface area (TPSA) is 114 Å². The molecule has 0 radical (unpaired) electrons. The van der Waals surface area contributed by atoms with Crippen LogP contribution in [0.4, 0.5) is 5.95 Å². The van der Waals surface area contributed by atoms with Crippen LogP contribution in [0.3, 0.4) is 0 Å². The van der Waals surface area contributed by atoms with Crippen molar-refractivity contribution < 1.29 is 13.9 Å². The predicted molar refractivity (Wildman–Crippen MR) is 88.1 cm³/mol. The van der Waals surface area contributed by atoms with Crippen molar-refractivity contribution in [1.82, 2.24) is 24.6 Å². The van der Waals surface area contributed by atoms with Gasteiger partial charge in [0, 0.05) is 0 Å². The summed E-state index contributed by atoms with van der Waals surface area (Å²) in [5.74, 6) is 2.05. The third kappa shape index (κ3) is 3.20. The van der Waals surface area contributed by atoms with E-state index >= 15 is 0 Å². The molecule has 0 aliphatic heterocycles. The lowest BCUT2D eigenvalue weighted by molar-refractivity contribution is 0.206. The third-order valence-electron chi connectivity index (χ3n) is 3.28. The Morgan fingerprint density at radius 2 is 1.80 bits per heavy atom. The van der Waals surface area contributed by atoms with Crippen LogP contribution in [-0.2, 0) is 0 Å². The van der Waals surface area contributed by atoms with Crippen molar-refractivity contribution in [2.45, 2.75) is 0 Å². The molecule has 0 bridgehead atoms. The Kier molecular flexibility index (Phi) is 3.87. The number of fused-ring (bicyclic) bond motifs is 1. The van der Waals surface area contributed by atoms with Gasteiger partial charge in [-0.3, -0.25) is 0 Å². The Labute approximate surface area is 142 Å². The van der Waals surface area contributed by atoms with Gasteiger partial charge in [-0.25, -0.2) is 0 Å². The van der Waals surface area contributed by atoms with Crippen molar-refractivity contribution >= 4 is 11.7 Å².